The first-order valence-corrected chi connectivity index (χ1v) is 9.22. The number of nitrogens with zero attached hydrogens (tertiary/aromatic N) is 2. The third-order valence-electron chi connectivity index (χ3n) is 3.84. The first-order valence-electron chi connectivity index (χ1n) is 8.24. The van der Waals surface area contributed by atoms with Gasteiger partial charge in [0.15, 0.2) is 5.16 Å². The number of aryl methyl sites for hydroxylation is 1. The highest BCUT2D eigenvalue weighted by molar-refractivity contribution is 7.99. The normalized spacial score (nSPS) is 12.4. The number of aromatic nitrogens is 2. The van der Waals surface area contributed by atoms with Crippen molar-refractivity contribution >= 4 is 22.8 Å². The molecule has 0 unspecified atom stereocenters. The van der Waals surface area contributed by atoms with Gasteiger partial charge in [0.1, 0.15) is 12.4 Å². The molecule has 1 aromatic heterocycles. The molecule has 0 bridgehead atoms. The molecule has 0 spiro atoms. The SMILES string of the molecule is Cc1ccc(OCCn2c(SC[C@H](O)CO)nc3ccccc32)cc1. The average Bonchev–Trinajstić information content (AvgIpc) is 2.99. The lowest BCUT2D eigenvalue weighted by Crippen LogP contribution is -2.16. The highest BCUT2D eigenvalue weighted by Gasteiger charge is 2.13. The standard InChI is InChI=1S/C19H22N2O3S/c1-14-6-8-16(9-7-14)24-11-10-21-18-5-3-2-4-17(18)20-19(21)25-13-15(23)12-22/h2-9,15,22-23H,10-13H2,1H3/t15-/m1/s1. The molecule has 6 heteroatoms. The molecule has 0 aliphatic heterocycles. The summed E-state index contributed by atoms with van der Waals surface area (Å²) in [6.45, 7) is 2.99. The van der Waals surface area contributed by atoms with E-state index < -0.39 is 6.10 Å². The molecule has 0 saturated carbocycles. The maximum Gasteiger partial charge on any atom is 0.169 e. The van der Waals surface area contributed by atoms with Crippen LogP contribution in [0.4, 0.5) is 0 Å². The number of benzene rings is 2. The molecule has 25 heavy (non-hydrogen) atoms. The molecular formula is C19H22N2O3S. The summed E-state index contributed by atoms with van der Waals surface area (Å²) in [5, 5.41) is 19.4. The van der Waals surface area contributed by atoms with Gasteiger partial charge in [-0.25, -0.2) is 4.98 Å². The quantitative estimate of drug-likeness (QED) is 0.606. The lowest BCUT2D eigenvalue weighted by Gasteiger charge is -2.11. The number of para-hydroxylation sites is 2. The molecule has 0 fully saturated rings. The van der Waals surface area contributed by atoms with Crippen LogP contribution in [0.3, 0.4) is 0 Å². The Morgan fingerprint density at radius 3 is 2.68 bits per heavy atom. The van der Waals surface area contributed by atoms with E-state index in [1.165, 1.54) is 17.3 Å². The first kappa shape index (κ1) is 17.8. The molecule has 0 aliphatic rings. The van der Waals surface area contributed by atoms with E-state index in [-0.39, 0.29) is 6.61 Å². The van der Waals surface area contributed by atoms with Crippen molar-refractivity contribution in [3.8, 4) is 5.75 Å². The van der Waals surface area contributed by atoms with Crippen LogP contribution >= 0.6 is 11.8 Å². The highest BCUT2D eigenvalue weighted by atomic mass is 32.2. The first-order chi connectivity index (χ1) is 12.2. The summed E-state index contributed by atoms with van der Waals surface area (Å²) in [6, 6.07) is 15.9. The van der Waals surface area contributed by atoms with Gasteiger partial charge in [0.05, 0.1) is 30.3 Å². The molecule has 0 radical (unpaired) electrons. The third kappa shape index (κ3) is 4.54. The van der Waals surface area contributed by atoms with Gasteiger partial charge < -0.3 is 19.5 Å². The van der Waals surface area contributed by atoms with Gasteiger partial charge in [-0.05, 0) is 31.2 Å². The van der Waals surface area contributed by atoms with Crippen molar-refractivity contribution in [3.63, 3.8) is 0 Å². The van der Waals surface area contributed by atoms with Crippen LogP contribution in [0.2, 0.25) is 0 Å². The summed E-state index contributed by atoms with van der Waals surface area (Å²) < 4.78 is 7.93. The van der Waals surface area contributed by atoms with Crippen LogP contribution in [0.1, 0.15) is 5.56 Å². The van der Waals surface area contributed by atoms with Crippen LogP contribution in [0.25, 0.3) is 11.0 Å². The fourth-order valence-corrected chi connectivity index (χ4v) is 3.45. The Morgan fingerprint density at radius 1 is 1.16 bits per heavy atom. The zero-order chi connectivity index (χ0) is 17.6. The Labute approximate surface area is 151 Å². The minimum atomic E-state index is -0.748. The van der Waals surface area contributed by atoms with Gasteiger partial charge in [-0.1, -0.05) is 41.6 Å². The second kappa shape index (κ2) is 8.38. The molecule has 3 rings (SSSR count). The summed E-state index contributed by atoms with van der Waals surface area (Å²) in [7, 11) is 0. The maximum atomic E-state index is 9.60. The van der Waals surface area contributed by atoms with Crippen LogP contribution in [0.15, 0.2) is 53.7 Å². The molecule has 0 aliphatic carbocycles. The zero-order valence-electron chi connectivity index (χ0n) is 14.1. The summed E-state index contributed by atoms with van der Waals surface area (Å²) >= 11 is 1.44. The number of fused-ring (bicyclic) bond motifs is 1. The molecule has 2 N–H and O–H groups in total. The number of thioether (sulfide) groups is 1. The van der Waals surface area contributed by atoms with E-state index in [0.29, 0.717) is 18.9 Å². The van der Waals surface area contributed by atoms with E-state index in [4.69, 9.17) is 9.84 Å². The van der Waals surface area contributed by atoms with E-state index in [9.17, 15) is 5.11 Å². The summed E-state index contributed by atoms with van der Waals surface area (Å²) in [5.41, 5.74) is 3.16. The predicted octanol–water partition coefficient (Wildman–Crippen LogP) is 2.87. The monoisotopic (exact) mass is 358 g/mol. The third-order valence-corrected chi connectivity index (χ3v) is 4.96. The molecule has 5 nitrogen and oxygen atoms in total. The van der Waals surface area contributed by atoms with Crippen molar-refractivity contribution in [1.82, 2.24) is 9.55 Å². The maximum absolute atomic E-state index is 9.60. The Hall–Kier alpha value is -2.02. The molecule has 132 valence electrons. The van der Waals surface area contributed by atoms with E-state index in [1.807, 2.05) is 55.5 Å². The summed E-state index contributed by atoms with van der Waals surface area (Å²) in [5.74, 6) is 1.25. The summed E-state index contributed by atoms with van der Waals surface area (Å²) in [6.07, 6.45) is -0.748. The molecule has 2 aromatic carbocycles. The Bertz CT molecular complexity index is 817. The number of aliphatic hydroxyl groups is 2. The van der Waals surface area contributed by atoms with Gasteiger partial charge in [-0.3, -0.25) is 0 Å². The fraction of sp³-hybridized carbons (Fsp3) is 0.316. The smallest absolute Gasteiger partial charge is 0.169 e. The van der Waals surface area contributed by atoms with Crippen LogP contribution < -0.4 is 4.74 Å². The van der Waals surface area contributed by atoms with Crippen LogP contribution in [0, 0.1) is 6.92 Å². The number of hydrogen-bond donors (Lipinski definition) is 2. The number of ether oxygens (including phenoxy) is 1. The van der Waals surface area contributed by atoms with Crippen LogP contribution in [-0.2, 0) is 6.54 Å². The van der Waals surface area contributed by atoms with Crippen molar-refractivity contribution in [1.29, 1.82) is 0 Å². The Balaban J connectivity index is 1.72. The molecular weight excluding hydrogens is 336 g/mol. The largest absolute Gasteiger partial charge is 0.492 e. The number of imidazole rings is 1. The zero-order valence-corrected chi connectivity index (χ0v) is 14.9. The topological polar surface area (TPSA) is 67.5 Å². The van der Waals surface area contributed by atoms with Crippen molar-refractivity contribution in [2.45, 2.75) is 24.7 Å². The lowest BCUT2D eigenvalue weighted by molar-refractivity contribution is 0.113. The van der Waals surface area contributed by atoms with E-state index >= 15 is 0 Å². The van der Waals surface area contributed by atoms with Gasteiger partial charge in [-0.2, -0.15) is 0 Å². The van der Waals surface area contributed by atoms with Crippen molar-refractivity contribution in [2.24, 2.45) is 0 Å². The van der Waals surface area contributed by atoms with Crippen molar-refractivity contribution < 1.29 is 14.9 Å². The fourth-order valence-electron chi connectivity index (χ4n) is 2.49. The van der Waals surface area contributed by atoms with Gasteiger partial charge in [0, 0.05) is 5.75 Å². The minimum absolute atomic E-state index is 0.246. The van der Waals surface area contributed by atoms with Crippen LogP contribution in [0.5, 0.6) is 5.75 Å². The van der Waals surface area contributed by atoms with E-state index in [0.717, 1.165) is 21.9 Å². The Morgan fingerprint density at radius 2 is 1.92 bits per heavy atom. The van der Waals surface area contributed by atoms with E-state index in [1.54, 1.807) is 0 Å². The molecule has 1 atom stereocenters. The van der Waals surface area contributed by atoms with E-state index in [2.05, 4.69) is 9.55 Å². The second-order valence-electron chi connectivity index (χ2n) is 5.84. The average molecular weight is 358 g/mol. The van der Waals surface area contributed by atoms with Gasteiger partial charge in [0.25, 0.3) is 0 Å². The minimum Gasteiger partial charge on any atom is -0.492 e. The molecule has 0 amide bonds. The number of rotatable bonds is 8. The molecule has 3 aromatic rings. The second-order valence-corrected chi connectivity index (χ2v) is 6.83. The van der Waals surface area contributed by atoms with Crippen LogP contribution in [-0.4, -0.2) is 44.8 Å². The Kier molecular flexibility index (Phi) is 5.96. The van der Waals surface area contributed by atoms with Gasteiger partial charge in [-0.15, -0.1) is 0 Å². The van der Waals surface area contributed by atoms with Gasteiger partial charge >= 0.3 is 0 Å². The summed E-state index contributed by atoms with van der Waals surface area (Å²) in [4.78, 5) is 4.63. The molecule has 0 saturated heterocycles. The van der Waals surface area contributed by atoms with Crippen molar-refractivity contribution in [3.05, 3.63) is 54.1 Å². The lowest BCUT2D eigenvalue weighted by atomic mass is 10.2. The van der Waals surface area contributed by atoms with Gasteiger partial charge in [0.2, 0.25) is 0 Å². The predicted molar refractivity (Wildman–Crippen MR) is 100 cm³/mol. The highest BCUT2D eigenvalue weighted by Crippen LogP contribution is 2.24. The number of aliphatic hydroxyl groups excluding tert-OH is 2. The van der Waals surface area contributed by atoms with Crippen molar-refractivity contribution in [2.75, 3.05) is 19.0 Å². The number of hydrogen-bond acceptors (Lipinski definition) is 5. The molecule has 1 heterocycles.